The fraction of sp³-hybridized carbons (Fsp3) is 0. The van der Waals surface area contributed by atoms with Gasteiger partial charge in [0.2, 0.25) is 0 Å². The zero-order chi connectivity index (χ0) is 17.3. The van der Waals surface area contributed by atoms with E-state index in [4.69, 9.17) is 4.42 Å². The van der Waals surface area contributed by atoms with E-state index in [0.29, 0.717) is 20.1 Å². The van der Waals surface area contributed by atoms with Crippen LogP contribution in [0.2, 0.25) is 0 Å². The van der Waals surface area contributed by atoms with Crippen molar-refractivity contribution in [1.29, 1.82) is 0 Å². The van der Waals surface area contributed by atoms with E-state index in [0.717, 1.165) is 9.86 Å². The van der Waals surface area contributed by atoms with Crippen LogP contribution in [0.25, 0.3) is 11.0 Å². The molecule has 0 aliphatic rings. The molecule has 1 heterocycles. The van der Waals surface area contributed by atoms with Gasteiger partial charge in [-0.05, 0) is 73.8 Å². The first kappa shape index (κ1) is 17.2. The van der Waals surface area contributed by atoms with Crippen LogP contribution in [-0.2, 0) is 0 Å². The molecule has 0 spiro atoms. The quantitative estimate of drug-likeness (QED) is 0.371. The third-order valence-electron chi connectivity index (χ3n) is 3.12. The molecular formula is C16H9Br3N2O3. The van der Waals surface area contributed by atoms with Crippen molar-refractivity contribution in [3.63, 3.8) is 0 Å². The summed E-state index contributed by atoms with van der Waals surface area (Å²) in [5, 5.41) is 14.4. The van der Waals surface area contributed by atoms with Gasteiger partial charge in [0.05, 0.1) is 15.2 Å². The Balaban J connectivity index is 1.74. The standard InChI is InChI=1S/C16H9Br3N2O3/c17-10-1-2-13-9(5-10)6-14(24-13)16(23)21-20-7-8-3-11(18)15(22)12(19)4-8/h1-7,22H,(H,21,23)/b20-7+. The van der Waals surface area contributed by atoms with Crippen LogP contribution in [0.5, 0.6) is 5.75 Å². The molecule has 8 heteroatoms. The number of amides is 1. The van der Waals surface area contributed by atoms with Crippen LogP contribution in [0.15, 0.2) is 59.3 Å². The SMILES string of the molecule is O=C(N/N=C/c1cc(Br)c(O)c(Br)c1)c1cc2cc(Br)ccc2o1. The average Bonchev–Trinajstić information content (AvgIpc) is 2.95. The lowest BCUT2D eigenvalue weighted by molar-refractivity contribution is 0.0929. The lowest BCUT2D eigenvalue weighted by atomic mass is 10.2. The van der Waals surface area contributed by atoms with Crippen LogP contribution in [0, 0.1) is 0 Å². The maximum atomic E-state index is 12.1. The van der Waals surface area contributed by atoms with E-state index in [1.54, 1.807) is 24.3 Å². The third-order valence-corrected chi connectivity index (χ3v) is 4.82. The molecule has 0 saturated carbocycles. The molecule has 0 fully saturated rings. The number of phenols is 1. The van der Waals surface area contributed by atoms with E-state index in [-0.39, 0.29) is 11.5 Å². The highest BCUT2D eigenvalue weighted by Crippen LogP contribution is 2.32. The lowest BCUT2D eigenvalue weighted by Crippen LogP contribution is -2.16. The van der Waals surface area contributed by atoms with Gasteiger partial charge in [0, 0.05) is 9.86 Å². The Morgan fingerprint density at radius 2 is 1.83 bits per heavy atom. The third kappa shape index (κ3) is 3.71. The minimum Gasteiger partial charge on any atom is -0.506 e. The number of halogens is 3. The summed E-state index contributed by atoms with van der Waals surface area (Å²) in [5.74, 6) is -0.173. The molecule has 2 N–H and O–H groups in total. The Morgan fingerprint density at radius 1 is 1.12 bits per heavy atom. The Hall–Kier alpha value is -1.64. The van der Waals surface area contributed by atoms with Crippen molar-refractivity contribution in [3.05, 3.63) is 61.1 Å². The van der Waals surface area contributed by atoms with Crippen LogP contribution < -0.4 is 5.43 Å². The molecule has 0 saturated heterocycles. The Morgan fingerprint density at radius 3 is 2.54 bits per heavy atom. The van der Waals surface area contributed by atoms with Crippen molar-refractivity contribution in [1.82, 2.24) is 5.43 Å². The molecule has 0 aliphatic heterocycles. The maximum absolute atomic E-state index is 12.1. The van der Waals surface area contributed by atoms with Gasteiger partial charge in [-0.15, -0.1) is 0 Å². The van der Waals surface area contributed by atoms with Crippen molar-refractivity contribution in [3.8, 4) is 5.75 Å². The molecule has 5 nitrogen and oxygen atoms in total. The number of hydrogen-bond donors (Lipinski definition) is 2. The average molecular weight is 517 g/mol. The zero-order valence-electron chi connectivity index (χ0n) is 11.9. The molecule has 0 atom stereocenters. The van der Waals surface area contributed by atoms with Crippen LogP contribution in [0.1, 0.15) is 16.1 Å². The van der Waals surface area contributed by atoms with Gasteiger partial charge in [-0.1, -0.05) is 15.9 Å². The van der Waals surface area contributed by atoms with Gasteiger partial charge in [-0.3, -0.25) is 4.79 Å². The van der Waals surface area contributed by atoms with E-state index in [2.05, 4.69) is 58.3 Å². The van der Waals surface area contributed by atoms with Crippen molar-refractivity contribution in [2.75, 3.05) is 0 Å². The molecule has 2 aromatic carbocycles. The molecule has 0 bridgehead atoms. The van der Waals surface area contributed by atoms with E-state index in [9.17, 15) is 9.90 Å². The highest BCUT2D eigenvalue weighted by Gasteiger charge is 2.11. The molecule has 0 radical (unpaired) electrons. The van der Waals surface area contributed by atoms with E-state index in [1.807, 2.05) is 12.1 Å². The summed E-state index contributed by atoms with van der Waals surface area (Å²) >= 11 is 9.84. The first-order valence-corrected chi connectivity index (χ1v) is 9.02. The molecule has 3 rings (SSSR count). The predicted octanol–water partition coefficient (Wildman–Crippen LogP) is 5.19. The molecule has 1 amide bonds. The lowest BCUT2D eigenvalue weighted by Gasteiger charge is -2.02. The molecule has 3 aromatic rings. The molecule has 1 aromatic heterocycles. The second-order valence-corrected chi connectivity index (χ2v) is 7.45. The number of phenolic OH excluding ortho intramolecular Hbond substituents is 1. The van der Waals surface area contributed by atoms with E-state index >= 15 is 0 Å². The summed E-state index contributed by atoms with van der Waals surface area (Å²) in [4.78, 5) is 12.1. The number of aromatic hydroxyl groups is 1. The second-order valence-electron chi connectivity index (χ2n) is 4.83. The molecule has 122 valence electrons. The molecule has 0 unspecified atom stereocenters. The first-order chi connectivity index (χ1) is 11.4. The number of fused-ring (bicyclic) bond motifs is 1. The van der Waals surface area contributed by atoms with Gasteiger partial charge in [0.25, 0.3) is 0 Å². The summed E-state index contributed by atoms with van der Waals surface area (Å²) < 4.78 is 7.44. The van der Waals surface area contributed by atoms with Crippen LogP contribution in [0.3, 0.4) is 0 Å². The minimum absolute atomic E-state index is 0.102. The number of furan rings is 1. The maximum Gasteiger partial charge on any atom is 0.307 e. The number of rotatable bonds is 3. The van der Waals surface area contributed by atoms with Gasteiger partial charge < -0.3 is 9.52 Å². The summed E-state index contributed by atoms with van der Waals surface area (Å²) in [6, 6.07) is 10.5. The molecular weight excluding hydrogens is 508 g/mol. The normalized spacial score (nSPS) is 11.3. The number of nitrogens with zero attached hydrogens (tertiary/aromatic N) is 1. The van der Waals surface area contributed by atoms with Gasteiger partial charge in [-0.25, -0.2) is 5.43 Å². The largest absolute Gasteiger partial charge is 0.506 e. The van der Waals surface area contributed by atoms with Gasteiger partial charge in [0.15, 0.2) is 5.76 Å². The van der Waals surface area contributed by atoms with Crippen molar-refractivity contribution >= 4 is 70.9 Å². The number of carbonyl (C=O) groups excluding carboxylic acids is 1. The fourth-order valence-electron chi connectivity index (χ4n) is 2.01. The number of hydrazone groups is 1. The summed E-state index contributed by atoms with van der Waals surface area (Å²) in [7, 11) is 0. The van der Waals surface area contributed by atoms with Crippen molar-refractivity contribution < 1.29 is 14.3 Å². The fourth-order valence-corrected chi connectivity index (χ4v) is 3.61. The van der Waals surface area contributed by atoms with Crippen LogP contribution in [0.4, 0.5) is 0 Å². The number of benzene rings is 2. The molecule has 0 aliphatic carbocycles. The van der Waals surface area contributed by atoms with Gasteiger partial charge in [0.1, 0.15) is 11.3 Å². The van der Waals surface area contributed by atoms with Crippen molar-refractivity contribution in [2.24, 2.45) is 5.10 Å². The topological polar surface area (TPSA) is 74.8 Å². The summed E-state index contributed by atoms with van der Waals surface area (Å²) in [6.45, 7) is 0. The zero-order valence-corrected chi connectivity index (χ0v) is 16.6. The van der Waals surface area contributed by atoms with Crippen LogP contribution >= 0.6 is 47.8 Å². The number of carbonyl (C=O) groups is 1. The van der Waals surface area contributed by atoms with E-state index in [1.165, 1.54) is 6.21 Å². The van der Waals surface area contributed by atoms with Crippen molar-refractivity contribution in [2.45, 2.75) is 0 Å². The Labute approximate surface area is 162 Å². The molecule has 24 heavy (non-hydrogen) atoms. The van der Waals surface area contributed by atoms with Gasteiger partial charge >= 0.3 is 5.91 Å². The number of hydrogen-bond acceptors (Lipinski definition) is 4. The first-order valence-electron chi connectivity index (χ1n) is 6.64. The summed E-state index contributed by atoms with van der Waals surface area (Å²) in [5.41, 5.74) is 3.73. The number of nitrogens with one attached hydrogen (secondary N) is 1. The van der Waals surface area contributed by atoms with Crippen LogP contribution in [-0.4, -0.2) is 17.2 Å². The Kier molecular flexibility index (Phi) is 5.07. The highest BCUT2D eigenvalue weighted by atomic mass is 79.9. The monoisotopic (exact) mass is 514 g/mol. The smallest absolute Gasteiger partial charge is 0.307 e. The predicted molar refractivity (Wildman–Crippen MR) is 102 cm³/mol. The summed E-state index contributed by atoms with van der Waals surface area (Å²) in [6.07, 6.45) is 1.46. The van der Waals surface area contributed by atoms with Gasteiger partial charge in [-0.2, -0.15) is 5.10 Å². The minimum atomic E-state index is -0.449. The second kappa shape index (κ2) is 7.08. The highest BCUT2D eigenvalue weighted by molar-refractivity contribution is 9.11. The Bertz CT molecular complexity index is 943. The van der Waals surface area contributed by atoms with E-state index < -0.39 is 5.91 Å².